The quantitative estimate of drug-likeness (QED) is 0.684. The van der Waals surface area contributed by atoms with E-state index in [2.05, 4.69) is 12.2 Å². The summed E-state index contributed by atoms with van der Waals surface area (Å²) in [7, 11) is 0. The maximum atomic E-state index is 13.0. The van der Waals surface area contributed by atoms with Crippen LogP contribution in [-0.4, -0.2) is 36.5 Å². The summed E-state index contributed by atoms with van der Waals surface area (Å²) < 4.78 is 11.2. The first-order valence-corrected chi connectivity index (χ1v) is 11.3. The molecule has 2 N–H and O–H groups in total. The topological polar surface area (TPSA) is 84.9 Å². The first-order chi connectivity index (χ1) is 14.5. The molecule has 30 heavy (non-hydrogen) atoms. The van der Waals surface area contributed by atoms with Crippen LogP contribution in [0.1, 0.15) is 42.3 Å². The highest BCUT2D eigenvalue weighted by Gasteiger charge is 2.34. The molecule has 0 bridgehead atoms. The maximum absolute atomic E-state index is 13.0. The lowest BCUT2D eigenvalue weighted by atomic mass is 9.73. The van der Waals surface area contributed by atoms with Crippen LogP contribution in [0.15, 0.2) is 36.4 Å². The molecule has 2 aliphatic rings. The summed E-state index contributed by atoms with van der Waals surface area (Å²) in [5.74, 6) is -0.376. The molecule has 1 aromatic carbocycles. The third kappa shape index (κ3) is 4.74. The lowest BCUT2D eigenvalue weighted by molar-refractivity contribution is -0.122. The van der Waals surface area contributed by atoms with Crippen molar-refractivity contribution in [1.29, 1.82) is 0 Å². The monoisotopic (exact) mass is 429 g/mol. The fourth-order valence-electron chi connectivity index (χ4n) is 4.39. The van der Waals surface area contributed by atoms with Gasteiger partial charge in [-0.3, -0.25) is 4.79 Å². The molecule has 0 spiro atoms. The van der Waals surface area contributed by atoms with Crippen molar-refractivity contribution in [3.05, 3.63) is 41.3 Å². The van der Waals surface area contributed by atoms with Gasteiger partial charge in [-0.05, 0) is 42.7 Å². The van der Waals surface area contributed by atoms with Crippen molar-refractivity contribution >= 4 is 28.9 Å². The molecule has 7 heteroatoms. The number of anilines is 1. The summed E-state index contributed by atoms with van der Waals surface area (Å²) in [5, 5.41) is 12.5. The second-order valence-electron chi connectivity index (χ2n) is 8.17. The Morgan fingerprint density at radius 2 is 1.90 bits per heavy atom. The van der Waals surface area contributed by atoms with Gasteiger partial charge in [-0.1, -0.05) is 37.3 Å². The molecular formula is C23H27NO5S. The number of thiophene rings is 1. The van der Waals surface area contributed by atoms with Crippen molar-refractivity contribution in [2.75, 3.05) is 18.5 Å². The van der Waals surface area contributed by atoms with Gasteiger partial charge < -0.3 is 19.9 Å². The molecule has 6 nitrogen and oxygen atoms in total. The zero-order valence-corrected chi connectivity index (χ0v) is 17.8. The third-order valence-corrected chi connectivity index (χ3v) is 7.33. The van der Waals surface area contributed by atoms with E-state index >= 15 is 0 Å². The number of carboxylic acid groups (broad SMARTS) is 1. The SMILES string of the molecule is CC1CCC(C(=O)Nc2cc(-c3ccccc3)sc2C(=O)O)CC1CC1OCCO1. The van der Waals surface area contributed by atoms with Gasteiger partial charge in [-0.15, -0.1) is 11.3 Å². The van der Waals surface area contributed by atoms with Crippen LogP contribution in [0.3, 0.4) is 0 Å². The van der Waals surface area contributed by atoms with Crippen LogP contribution < -0.4 is 5.32 Å². The Morgan fingerprint density at radius 1 is 1.17 bits per heavy atom. The highest BCUT2D eigenvalue weighted by Crippen LogP contribution is 2.39. The number of amides is 1. The Labute approximate surface area is 180 Å². The highest BCUT2D eigenvalue weighted by molar-refractivity contribution is 7.18. The van der Waals surface area contributed by atoms with Crippen LogP contribution >= 0.6 is 11.3 Å². The minimum atomic E-state index is -1.02. The normalized spacial score (nSPS) is 24.6. The molecule has 1 saturated carbocycles. The van der Waals surface area contributed by atoms with E-state index in [4.69, 9.17) is 9.47 Å². The smallest absolute Gasteiger partial charge is 0.348 e. The summed E-state index contributed by atoms with van der Waals surface area (Å²) in [6.07, 6.45) is 3.20. The van der Waals surface area contributed by atoms with E-state index in [0.717, 1.165) is 36.1 Å². The van der Waals surface area contributed by atoms with E-state index in [9.17, 15) is 14.7 Å². The molecule has 1 saturated heterocycles. The zero-order chi connectivity index (χ0) is 21.1. The number of carboxylic acids is 1. The Kier molecular flexibility index (Phi) is 6.51. The van der Waals surface area contributed by atoms with Gasteiger partial charge in [-0.2, -0.15) is 0 Å². The molecule has 2 heterocycles. The summed E-state index contributed by atoms with van der Waals surface area (Å²) in [5.41, 5.74) is 1.32. The van der Waals surface area contributed by atoms with Crippen LogP contribution in [-0.2, 0) is 14.3 Å². The summed E-state index contributed by atoms with van der Waals surface area (Å²) in [4.78, 5) is 25.7. The number of rotatable bonds is 6. The zero-order valence-electron chi connectivity index (χ0n) is 17.0. The molecule has 3 atom stereocenters. The number of benzene rings is 1. The molecule has 2 fully saturated rings. The van der Waals surface area contributed by atoms with Crippen molar-refractivity contribution in [2.45, 2.75) is 38.9 Å². The third-order valence-electron chi connectivity index (χ3n) is 6.16. The number of nitrogens with one attached hydrogen (secondary N) is 1. The largest absolute Gasteiger partial charge is 0.477 e. The van der Waals surface area contributed by atoms with Gasteiger partial charge in [-0.25, -0.2) is 4.79 Å². The number of hydrogen-bond acceptors (Lipinski definition) is 5. The Balaban J connectivity index is 1.46. The van der Waals surface area contributed by atoms with Gasteiger partial charge in [0.1, 0.15) is 4.88 Å². The van der Waals surface area contributed by atoms with Crippen molar-refractivity contribution < 1.29 is 24.2 Å². The van der Waals surface area contributed by atoms with Crippen LogP contribution in [0, 0.1) is 17.8 Å². The fourth-order valence-corrected chi connectivity index (χ4v) is 5.35. The first kappa shape index (κ1) is 21.0. The lowest BCUT2D eigenvalue weighted by Gasteiger charge is -2.34. The van der Waals surface area contributed by atoms with E-state index in [1.165, 1.54) is 11.3 Å². The molecule has 1 aromatic heterocycles. The van der Waals surface area contributed by atoms with Crippen molar-refractivity contribution in [2.24, 2.45) is 17.8 Å². The standard InChI is InChI=1S/C23H27NO5S/c1-14-7-8-16(11-17(14)12-20-28-9-10-29-20)22(25)24-18-13-19(30-21(18)23(26)27)15-5-3-2-4-6-15/h2-6,13-14,16-17,20H,7-12H2,1H3,(H,24,25)(H,26,27). The van der Waals surface area contributed by atoms with E-state index in [0.29, 0.717) is 30.7 Å². The predicted molar refractivity (Wildman–Crippen MR) is 116 cm³/mol. The van der Waals surface area contributed by atoms with Crippen molar-refractivity contribution in [3.63, 3.8) is 0 Å². The first-order valence-electron chi connectivity index (χ1n) is 10.5. The second-order valence-corrected chi connectivity index (χ2v) is 9.22. The number of ether oxygens (including phenoxy) is 2. The molecule has 1 aliphatic carbocycles. The minimum absolute atomic E-state index is 0.0972. The van der Waals surface area contributed by atoms with E-state index < -0.39 is 5.97 Å². The Bertz CT molecular complexity index is 890. The number of carbonyl (C=O) groups is 2. The molecule has 1 aliphatic heterocycles. The average Bonchev–Trinajstić information content (AvgIpc) is 3.40. The second kappa shape index (κ2) is 9.29. The number of hydrogen-bond donors (Lipinski definition) is 2. The Morgan fingerprint density at radius 3 is 2.60 bits per heavy atom. The average molecular weight is 430 g/mol. The van der Waals surface area contributed by atoms with Crippen molar-refractivity contribution in [3.8, 4) is 10.4 Å². The van der Waals surface area contributed by atoms with Gasteiger partial charge in [0.2, 0.25) is 5.91 Å². The van der Waals surface area contributed by atoms with E-state index in [-0.39, 0.29) is 23.0 Å². The summed E-state index contributed by atoms with van der Waals surface area (Å²) >= 11 is 1.18. The van der Waals surface area contributed by atoms with Crippen molar-refractivity contribution in [1.82, 2.24) is 0 Å². The van der Waals surface area contributed by atoms with Crippen LogP contribution in [0.25, 0.3) is 10.4 Å². The van der Waals surface area contributed by atoms with Crippen LogP contribution in [0.4, 0.5) is 5.69 Å². The van der Waals surface area contributed by atoms with Gasteiger partial charge in [0.05, 0.1) is 18.9 Å². The fraction of sp³-hybridized carbons (Fsp3) is 0.478. The van der Waals surface area contributed by atoms with Gasteiger partial charge in [0.25, 0.3) is 0 Å². The van der Waals surface area contributed by atoms with E-state index in [1.807, 2.05) is 30.3 Å². The van der Waals surface area contributed by atoms with Crippen LogP contribution in [0.2, 0.25) is 0 Å². The Hall–Kier alpha value is -2.22. The maximum Gasteiger partial charge on any atom is 0.348 e. The van der Waals surface area contributed by atoms with Crippen LogP contribution in [0.5, 0.6) is 0 Å². The molecule has 3 unspecified atom stereocenters. The molecule has 160 valence electrons. The highest BCUT2D eigenvalue weighted by atomic mass is 32.1. The summed E-state index contributed by atoms with van der Waals surface area (Å²) in [6.45, 7) is 3.49. The van der Waals surface area contributed by atoms with E-state index in [1.54, 1.807) is 6.07 Å². The molecular weight excluding hydrogens is 402 g/mol. The molecule has 1 amide bonds. The number of carbonyl (C=O) groups excluding carboxylic acids is 1. The van der Waals surface area contributed by atoms with Gasteiger partial charge in [0, 0.05) is 17.2 Å². The predicted octanol–water partition coefficient (Wildman–Crippen LogP) is 4.87. The molecule has 2 aromatic rings. The summed E-state index contributed by atoms with van der Waals surface area (Å²) in [6, 6.07) is 11.4. The van der Waals surface area contributed by atoms with Gasteiger partial charge in [0.15, 0.2) is 6.29 Å². The number of aromatic carboxylic acids is 1. The van der Waals surface area contributed by atoms with Gasteiger partial charge >= 0.3 is 5.97 Å². The lowest BCUT2D eigenvalue weighted by Crippen LogP contribution is -2.33. The minimum Gasteiger partial charge on any atom is -0.477 e. The molecule has 0 radical (unpaired) electrons. The molecule has 4 rings (SSSR count).